The monoisotopic (exact) mass is 450 g/mol. The summed E-state index contributed by atoms with van der Waals surface area (Å²) in [5, 5.41) is 29.0. The molecule has 2 aromatic carbocycles. The smallest absolute Gasteiger partial charge is 0.412 e. The van der Waals surface area contributed by atoms with E-state index in [2.05, 4.69) is 20.8 Å². The zero-order valence-electron chi connectivity index (χ0n) is 17.4. The summed E-state index contributed by atoms with van der Waals surface area (Å²) in [5.74, 6) is -2.05. The number of hydrogen-bond acceptors (Lipinski definition) is 6. The molecule has 0 radical (unpaired) electrons. The van der Waals surface area contributed by atoms with E-state index in [0.29, 0.717) is 0 Å². The fourth-order valence-electron chi connectivity index (χ4n) is 3.86. The van der Waals surface area contributed by atoms with Gasteiger partial charge in [-0.2, -0.15) is 5.10 Å². The van der Waals surface area contributed by atoms with Crippen LogP contribution in [0.15, 0.2) is 54.6 Å². The van der Waals surface area contributed by atoms with E-state index in [4.69, 9.17) is 14.9 Å². The van der Waals surface area contributed by atoms with Crippen LogP contribution in [0.3, 0.4) is 0 Å². The van der Waals surface area contributed by atoms with E-state index in [1.54, 1.807) is 0 Å². The van der Waals surface area contributed by atoms with Crippen LogP contribution >= 0.6 is 0 Å². The molecular weight excluding hydrogens is 428 g/mol. The topological polar surface area (TPSA) is 154 Å². The second-order valence-electron chi connectivity index (χ2n) is 7.49. The number of nitrogens with one attached hydrogen (secondary N) is 3. The van der Waals surface area contributed by atoms with Crippen LogP contribution in [-0.4, -0.2) is 57.6 Å². The number of aliphatic hydroxyl groups is 1. The second-order valence-corrected chi connectivity index (χ2v) is 7.49. The number of carbonyl (C=O) groups is 3. The molecule has 1 heterocycles. The Labute approximate surface area is 188 Å². The second kappa shape index (κ2) is 9.53. The number of amides is 2. The van der Waals surface area contributed by atoms with E-state index < -0.39 is 30.6 Å². The van der Waals surface area contributed by atoms with Crippen LogP contribution in [0.25, 0.3) is 11.1 Å². The fraction of sp³-hybridized carbons (Fsp3) is 0.217. The minimum atomic E-state index is -1.27. The first-order valence-electron chi connectivity index (χ1n) is 10.3. The zero-order chi connectivity index (χ0) is 23.4. The molecule has 0 bridgehead atoms. The summed E-state index contributed by atoms with van der Waals surface area (Å²) in [6.45, 7) is -0.270. The van der Waals surface area contributed by atoms with Crippen molar-refractivity contribution in [2.24, 2.45) is 0 Å². The van der Waals surface area contributed by atoms with Gasteiger partial charge >= 0.3 is 12.1 Å². The van der Waals surface area contributed by atoms with E-state index >= 15 is 0 Å². The fourth-order valence-corrected chi connectivity index (χ4v) is 3.86. The highest BCUT2D eigenvalue weighted by Crippen LogP contribution is 2.44. The molecular formula is C23H22N4O6. The first-order valence-corrected chi connectivity index (χ1v) is 10.3. The Hall–Kier alpha value is -4.18. The van der Waals surface area contributed by atoms with E-state index in [9.17, 15) is 14.4 Å². The van der Waals surface area contributed by atoms with Crippen molar-refractivity contribution in [2.45, 2.75) is 18.4 Å². The molecule has 10 heteroatoms. The van der Waals surface area contributed by atoms with E-state index in [1.165, 1.54) is 6.07 Å². The predicted octanol–water partition coefficient (Wildman–Crippen LogP) is 2.34. The molecule has 5 N–H and O–H groups in total. The number of carboxylic acids is 1. The summed E-state index contributed by atoms with van der Waals surface area (Å²) in [6.07, 6.45) is -0.876. The number of aromatic amines is 1. The molecule has 170 valence electrons. The van der Waals surface area contributed by atoms with Gasteiger partial charge in [0, 0.05) is 25.0 Å². The van der Waals surface area contributed by atoms with Gasteiger partial charge in [-0.3, -0.25) is 15.2 Å². The molecule has 0 unspecified atom stereocenters. The standard InChI is InChI=1S/C23H22N4O6/c28-10-9-18(22(30)31)24-21(29)19-11-20(27-26-19)25-23(32)33-12-17-15-7-3-1-5-13(15)14-6-2-4-8-16(14)17/h1-8,11,17-18,28H,9-10,12H2,(H,24,29)(H,30,31)(H2,25,26,27,32)/t18-/m1/s1. The SMILES string of the molecule is O=C(Nc1cc(C(=O)N[C@H](CCO)C(=O)O)[nH]n1)OCC1c2ccccc2-c2ccccc21. The van der Waals surface area contributed by atoms with Gasteiger partial charge in [0.1, 0.15) is 18.3 Å². The molecule has 0 spiro atoms. The molecule has 3 aromatic rings. The number of benzene rings is 2. The molecule has 0 saturated heterocycles. The first kappa shape index (κ1) is 22.0. The number of aliphatic hydroxyl groups excluding tert-OH is 1. The van der Waals surface area contributed by atoms with Gasteiger partial charge < -0.3 is 20.3 Å². The Bertz CT molecular complexity index is 1150. The van der Waals surface area contributed by atoms with Crippen LogP contribution in [0.5, 0.6) is 0 Å². The minimum absolute atomic E-state index is 0.0476. The van der Waals surface area contributed by atoms with Gasteiger partial charge in [-0.25, -0.2) is 9.59 Å². The third kappa shape index (κ3) is 4.70. The van der Waals surface area contributed by atoms with Gasteiger partial charge in [0.25, 0.3) is 5.91 Å². The van der Waals surface area contributed by atoms with Crippen LogP contribution in [-0.2, 0) is 9.53 Å². The number of fused-ring (bicyclic) bond motifs is 3. The van der Waals surface area contributed by atoms with E-state index in [0.717, 1.165) is 22.3 Å². The van der Waals surface area contributed by atoms with Crippen molar-refractivity contribution in [3.63, 3.8) is 0 Å². The molecule has 4 rings (SSSR count). The van der Waals surface area contributed by atoms with Crippen molar-refractivity contribution in [2.75, 3.05) is 18.5 Å². The number of aliphatic carboxylic acids is 1. The Morgan fingerprint density at radius 1 is 1.06 bits per heavy atom. The molecule has 0 aliphatic heterocycles. The summed E-state index contributed by atoms with van der Waals surface area (Å²) in [4.78, 5) is 35.6. The molecule has 10 nitrogen and oxygen atoms in total. The van der Waals surface area contributed by atoms with Gasteiger partial charge in [-0.1, -0.05) is 48.5 Å². The highest BCUT2D eigenvalue weighted by molar-refractivity contribution is 5.96. The molecule has 1 aromatic heterocycles. The number of ether oxygens (including phenoxy) is 1. The average molecular weight is 450 g/mol. The summed E-state index contributed by atoms with van der Waals surface area (Å²) in [7, 11) is 0. The molecule has 1 aliphatic carbocycles. The number of carboxylic acid groups (broad SMARTS) is 1. The quantitative estimate of drug-likeness (QED) is 0.353. The molecule has 1 atom stereocenters. The number of hydrogen-bond donors (Lipinski definition) is 5. The van der Waals surface area contributed by atoms with E-state index in [-0.39, 0.29) is 30.5 Å². The maximum atomic E-state index is 12.3. The van der Waals surface area contributed by atoms with Crippen LogP contribution in [0.4, 0.5) is 10.6 Å². The van der Waals surface area contributed by atoms with Crippen molar-refractivity contribution >= 4 is 23.8 Å². The van der Waals surface area contributed by atoms with Crippen molar-refractivity contribution in [3.05, 3.63) is 71.4 Å². The van der Waals surface area contributed by atoms with Gasteiger partial charge in [0.15, 0.2) is 5.82 Å². The summed E-state index contributed by atoms with van der Waals surface area (Å²) in [6, 6.07) is 16.0. The Kier molecular flexibility index (Phi) is 6.36. The number of rotatable bonds is 8. The van der Waals surface area contributed by atoms with E-state index in [1.807, 2.05) is 48.5 Å². The van der Waals surface area contributed by atoms with Crippen LogP contribution in [0.1, 0.15) is 34.0 Å². The number of aromatic nitrogens is 2. The number of nitrogens with zero attached hydrogens (tertiary/aromatic N) is 1. The Morgan fingerprint density at radius 3 is 2.30 bits per heavy atom. The molecule has 33 heavy (non-hydrogen) atoms. The average Bonchev–Trinajstić information content (AvgIpc) is 3.40. The molecule has 0 fully saturated rings. The third-order valence-corrected chi connectivity index (χ3v) is 5.42. The highest BCUT2D eigenvalue weighted by Gasteiger charge is 2.29. The van der Waals surface area contributed by atoms with Crippen molar-refractivity contribution in [3.8, 4) is 11.1 Å². The van der Waals surface area contributed by atoms with Crippen LogP contribution < -0.4 is 10.6 Å². The summed E-state index contributed by atoms with van der Waals surface area (Å²) >= 11 is 0. The molecule has 0 saturated carbocycles. The largest absolute Gasteiger partial charge is 0.480 e. The lowest BCUT2D eigenvalue weighted by molar-refractivity contribution is -0.139. The van der Waals surface area contributed by atoms with Crippen molar-refractivity contribution < 1.29 is 29.3 Å². The number of H-pyrrole nitrogens is 1. The minimum Gasteiger partial charge on any atom is -0.480 e. The van der Waals surface area contributed by atoms with Gasteiger partial charge in [-0.15, -0.1) is 0 Å². The van der Waals surface area contributed by atoms with Crippen LogP contribution in [0, 0.1) is 0 Å². The summed E-state index contributed by atoms with van der Waals surface area (Å²) in [5.41, 5.74) is 4.35. The van der Waals surface area contributed by atoms with Crippen molar-refractivity contribution in [1.29, 1.82) is 0 Å². The van der Waals surface area contributed by atoms with Gasteiger partial charge in [0.05, 0.1) is 0 Å². The first-order chi connectivity index (χ1) is 16.0. The molecule has 2 amide bonds. The number of anilines is 1. The third-order valence-electron chi connectivity index (χ3n) is 5.42. The lowest BCUT2D eigenvalue weighted by Gasteiger charge is -2.14. The lowest BCUT2D eigenvalue weighted by Crippen LogP contribution is -2.41. The van der Waals surface area contributed by atoms with Gasteiger partial charge in [-0.05, 0) is 22.3 Å². The Balaban J connectivity index is 1.36. The zero-order valence-corrected chi connectivity index (χ0v) is 17.4. The van der Waals surface area contributed by atoms with Gasteiger partial charge in [0.2, 0.25) is 0 Å². The normalized spacial score (nSPS) is 13.0. The highest BCUT2D eigenvalue weighted by atomic mass is 16.5. The maximum absolute atomic E-state index is 12.3. The molecule has 1 aliphatic rings. The predicted molar refractivity (Wildman–Crippen MR) is 118 cm³/mol. The lowest BCUT2D eigenvalue weighted by atomic mass is 9.98. The van der Waals surface area contributed by atoms with Crippen molar-refractivity contribution in [1.82, 2.24) is 15.5 Å². The van der Waals surface area contributed by atoms with Crippen LogP contribution in [0.2, 0.25) is 0 Å². The Morgan fingerprint density at radius 2 is 1.70 bits per heavy atom. The maximum Gasteiger partial charge on any atom is 0.412 e. The number of carbonyl (C=O) groups excluding carboxylic acids is 2. The summed E-state index contributed by atoms with van der Waals surface area (Å²) < 4.78 is 5.43.